The molecule has 1 rings (SSSR count). The summed E-state index contributed by atoms with van der Waals surface area (Å²) in [5.41, 5.74) is 0.332. The van der Waals surface area contributed by atoms with Crippen LogP contribution in [0.5, 0.6) is 0 Å². The van der Waals surface area contributed by atoms with Crippen LogP contribution < -0.4 is 0 Å². The van der Waals surface area contributed by atoms with Crippen molar-refractivity contribution in [3.8, 4) is 11.8 Å². The van der Waals surface area contributed by atoms with Gasteiger partial charge in [0.05, 0.1) is 5.56 Å². The third kappa shape index (κ3) is 2.76. The molecule has 3 heteroatoms. The van der Waals surface area contributed by atoms with Gasteiger partial charge in [-0.3, -0.25) is 0 Å². The van der Waals surface area contributed by atoms with Gasteiger partial charge < -0.3 is 4.74 Å². The van der Waals surface area contributed by atoms with Crippen molar-refractivity contribution in [1.29, 1.82) is 0 Å². The Morgan fingerprint density at radius 2 is 1.86 bits per heavy atom. The highest BCUT2D eigenvalue weighted by atomic mass is 16.6. The summed E-state index contributed by atoms with van der Waals surface area (Å²) in [7, 11) is 0. The molecule has 0 spiro atoms. The summed E-state index contributed by atoms with van der Waals surface area (Å²) in [5, 5.41) is 0. The molecule has 0 saturated heterocycles. The fraction of sp³-hybridized carbons (Fsp3) is 0.0909. The van der Waals surface area contributed by atoms with Crippen molar-refractivity contribution in [2.75, 3.05) is 0 Å². The first kappa shape index (κ1) is 10.0. The Hall–Kier alpha value is -2.08. The molecule has 0 unspecified atom stereocenters. The summed E-state index contributed by atoms with van der Waals surface area (Å²) in [6.07, 6.45) is 0. The van der Waals surface area contributed by atoms with Crippen molar-refractivity contribution in [2.45, 2.75) is 6.92 Å². The Labute approximate surface area is 81.7 Å². The topological polar surface area (TPSA) is 43.4 Å². The predicted molar refractivity (Wildman–Crippen MR) is 50.3 cm³/mol. The van der Waals surface area contributed by atoms with Gasteiger partial charge in [-0.2, -0.15) is 0 Å². The fourth-order valence-electron chi connectivity index (χ4n) is 0.845. The molecular formula is C11H8O3. The molecule has 0 aromatic heterocycles. The van der Waals surface area contributed by atoms with Gasteiger partial charge in [0.25, 0.3) is 0 Å². The summed E-state index contributed by atoms with van der Waals surface area (Å²) in [6.45, 7) is 1.49. The van der Waals surface area contributed by atoms with Crippen LogP contribution in [0, 0.1) is 11.8 Å². The van der Waals surface area contributed by atoms with Crippen molar-refractivity contribution >= 4 is 11.9 Å². The zero-order valence-electron chi connectivity index (χ0n) is 7.61. The van der Waals surface area contributed by atoms with Crippen LogP contribution in [0.1, 0.15) is 17.3 Å². The molecule has 0 saturated carbocycles. The van der Waals surface area contributed by atoms with Crippen molar-refractivity contribution < 1.29 is 14.3 Å². The molecule has 1 aromatic carbocycles. The molecule has 0 fully saturated rings. The predicted octanol–water partition coefficient (Wildman–Crippen LogP) is 1.39. The lowest BCUT2D eigenvalue weighted by molar-refractivity contribution is -0.131. The average Bonchev–Trinajstić information content (AvgIpc) is 2.19. The van der Waals surface area contributed by atoms with E-state index in [0.29, 0.717) is 5.56 Å². The molecule has 0 aliphatic rings. The molecule has 0 atom stereocenters. The molecule has 1 aromatic rings. The quantitative estimate of drug-likeness (QED) is 0.289. The first-order valence-electron chi connectivity index (χ1n) is 3.98. The van der Waals surface area contributed by atoms with Crippen LogP contribution >= 0.6 is 0 Å². The third-order valence-corrected chi connectivity index (χ3v) is 1.42. The summed E-state index contributed by atoms with van der Waals surface area (Å²) >= 11 is 0. The molecule has 0 amide bonds. The van der Waals surface area contributed by atoms with Gasteiger partial charge in [-0.05, 0) is 19.1 Å². The minimum atomic E-state index is -0.832. The standard InChI is InChI=1S/C11H8O3/c1-2-6-10(12)14-11(13)9-7-4-3-5-8-9/h3-5,7-8H,1H3. The number of esters is 2. The molecular weight excluding hydrogens is 180 g/mol. The maximum Gasteiger partial charge on any atom is 0.392 e. The lowest BCUT2D eigenvalue weighted by atomic mass is 10.2. The zero-order valence-corrected chi connectivity index (χ0v) is 7.61. The summed E-state index contributed by atoms with van der Waals surface area (Å²) in [4.78, 5) is 22.0. The van der Waals surface area contributed by atoms with Crippen molar-refractivity contribution in [3.05, 3.63) is 35.9 Å². The van der Waals surface area contributed by atoms with Crippen LogP contribution in [-0.4, -0.2) is 11.9 Å². The van der Waals surface area contributed by atoms with E-state index in [1.807, 2.05) is 0 Å². The second-order valence-corrected chi connectivity index (χ2v) is 2.42. The van der Waals surface area contributed by atoms with Crippen LogP contribution in [0.25, 0.3) is 0 Å². The van der Waals surface area contributed by atoms with Crippen molar-refractivity contribution in [2.24, 2.45) is 0 Å². The van der Waals surface area contributed by atoms with Crippen LogP contribution in [0.2, 0.25) is 0 Å². The molecule has 0 aliphatic heterocycles. The van der Waals surface area contributed by atoms with E-state index in [4.69, 9.17) is 0 Å². The van der Waals surface area contributed by atoms with Gasteiger partial charge in [-0.1, -0.05) is 24.1 Å². The van der Waals surface area contributed by atoms with E-state index in [1.165, 1.54) is 6.92 Å². The first-order chi connectivity index (χ1) is 6.74. The van der Waals surface area contributed by atoms with E-state index < -0.39 is 11.9 Å². The molecule has 0 heterocycles. The fourth-order valence-corrected chi connectivity index (χ4v) is 0.845. The summed E-state index contributed by atoms with van der Waals surface area (Å²) < 4.78 is 4.43. The maximum absolute atomic E-state index is 11.2. The minimum absolute atomic E-state index is 0.332. The molecule has 0 bridgehead atoms. The Morgan fingerprint density at radius 3 is 2.43 bits per heavy atom. The van der Waals surface area contributed by atoms with Gasteiger partial charge in [0, 0.05) is 5.92 Å². The SMILES string of the molecule is CC#CC(=O)OC(=O)c1ccccc1. The van der Waals surface area contributed by atoms with E-state index in [-0.39, 0.29) is 0 Å². The molecule has 0 radical (unpaired) electrons. The Kier molecular flexibility index (Phi) is 3.45. The highest BCUT2D eigenvalue weighted by molar-refractivity contribution is 6.02. The van der Waals surface area contributed by atoms with Crippen LogP contribution in [0.15, 0.2) is 30.3 Å². The monoisotopic (exact) mass is 188 g/mol. The van der Waals surface area contributed by atoms with Gasteiger partial charge in [-0.15, -0.1) is 0 Å². The van der Waals surface area contributed by atoms with Crippen molar-refractivity contribution in [1.82, 2.24) is 0 Å². The van der Waals surface area contributed by atoms with Crippen LogP contribution in [0.4, 0.5) is 0 Å². The van der Waals surface area contributed by atoms with Crippen LogP contribution in [0.3, 0.4) is 0 Å². The smallest absolute Gasteiger partial charge is 0.379 e. The minimum Gasteiger partial charge on any atom is -0.379 e. The van der Waals surface area contributed by atoms with Gasteiger partial charge in [-0.25, -0.2) is 9.59 Å². The molecule has 3 nitrogen and oxygen atoms in total. The second kappa shape index (κ2) is 4.83. The Balaban J connectivity index is 2.67. The Morgan fingerprint density at radius 1 is 1.21 bits per heavy atom. The number of hydrogen-bond acceptors (Lipinski definition) is 3. The van der Waals surface area contributed by atoms with Crippen molar-refractivity contribution in [3.63, 3.8) is 0 Å². The highest BCUT2D eigenvalue weighted by Gasteiger charge is 2.09. The summed E-state index contributed by atoms with van der Waals surface area (Å²) in [5.74, 6) is 2.95. The lowest BCUT2D eigenvalue weighted by Gasteiger charge is -1.97. The normalized spacial score (nSPS) is 8.36. The van der Waals surface area contributed by atoms with E-state index >= 15 is 0 Å². The zero-order chi connectivity index (χ0) is 10.4. The largest absolute Gasteiger partial charge is 0.392 e. The number of benzene rings is 1. The number of rotatable bonds is 1. The number of carbonyl (C=O) groups excluding carboxylic acids is 2. The third-order valence-electron chi connectivity index (χ3n) is 1.42. The highest BCUT2D eigenvalue weighted by Crippen LogP contribution is 2.00. The molecule has 0 N–H and O–H groups in total. The molecule has 70 valence electrons. The summed E-state index contributed by atoms with van der Waals surface area (Å²) in [6, 6.07) is 8.27. The molecule has 0 aliphatic carbocycles. The maximum atomic E-state index is 11.2. The first-order valence-corrected chi connectivity index (χ1v) is 3.98. The Bertz CT molecular complexity index is 396. The number of carbonyl (C=O) groups is 2. The van der Waals surface area contributed by atoms with E-state index in [1.54, 1.807) is 30.3 Å². The lowest BCUT2D eigenvalue weighted by Crippen LogP contribution is -2.10. The molecule has 14 heavy (non-hydrogen) atoms. The van der Waals surface area contributed by atoms with Gasteiger partial charge in [0.15, 0.2) is 0 Å². The van der Waals surface area contributed by atoms with Gasteiger partial charge in [0.2, 0.25) is 0 Å². The van der Waals surface area contributed by atoms with E-state index in [2.05, 4.69) is 16.6 Å². The van der Waals surface area contributed by atoms with Gasteiger partial charge in [0.1, 0.15) is 0 Å². The number of ether oxygens (including phenoxy) is 1. The number of hydrogen-bond donors (Lipinski definition) is 0. The van der Waals surface area contributed by atoms with Crippen LogP contribution in [-0.2, 0) is 9.53 Å². The van der Waals surface area contributed by atoms with Gasteiger partial charge >= 0.3 is 11.9 Å². The van der Waals surface area contributed by atoms with E-state index in [9.17, 15) is 9.59 Å². The second-order valence-electron chi connectivity index (χ2n) is 2.42. The average molecular weight is 188 g/mol. The van der Waals surface area contributed by atoms with E-state index in [0.717, 1.165) is 0 Å².